The Morgan fingerprint density at radius 2 is 2.14 bits per heavy atom. The number of aromatic nitrogens is 3. The molecule has 0 amide bonds. The summed E-state index contributed by atoms with van der Waals surface area (Å²) in [6, 6.07) is 5.96. The quantitative estimate of drug-likeness (QED) is 0.395. The zero-order chi connectivity index (χ0) is 19.4. The molecule has 0 atom stereocenters. The maximum Gasteiger partial charge on any atom is 0.213 e. The summed E-state index contributed by atoms with van der Waals surface area (Å²) >= 11 is 0. The van der Waals surface area contributed by atoms with Crippen LogP contribution in [0.4, 0.5) is 0 Å². The first kappa shape index (κ1) is 20.2. The normalized spacial score (nSPS) is 15.4. The number of ether oxygens (including phenoxy) is 1. The third kappa shape index (κ3) is 6.87. The van der Waals surface area contributed by atoms with E-state index in [1.54, 1.807) is 6.20 Å². The summed E-state index contributed by atoms with van der Waals surface area (Å²) in [5.41, 5.74) is 1.07. The molecule has 1 fully saturated rings. The Morgan fingerprint density at radius 1 is 1.25 bits per heavy atom. The first-order chi connectivity index (χ1) is 13.8. The fourth-order valence-corrected chi connectivity index (χ4v) is 3.32. The van der Waals surface area contributed by atoms with Crippen molar-refractivity contribution in [2.24, 2.45) is 4.99 Å². The summed E-state index contributed by atoms with van der Waals surface area (Å²) in [6.07, 6.45) is 13.1. The van der Waals surface area contributed by atoms with Crippen LogP contribution in [0.2, 0.25) is 0 Å². The van der Waals surface area contributed by atoms with Crippen LogP contribution < -0.4 is 15.4 Å². The molecule has 1 saturated carbocycles. The zero-order valence-electron chi connectivity index (χ0n) is 16.8. The third-order valence-electron chi connectivity index (χ3n) is 4.82. The molecule has 2 N–H and O–H groups in total. The second-order valence-electron chi connectivity index (χ2n) is 7.13. The van der Waals surface area contributed by atoms with Crippen molar-refractivity contribution in [2.45, 2.75) is 64.6 Å². The van der Waals surface area contributed by atoms with Crippen molar-refractivity contribution in [3.05, 3.63) is 42.4 Å². The van der Waals surface area contributed by atoms with Gasteiger partial charge in [-0.2, -0.15) is 5.10 Å². The maximum absolute atomic E-state index is 5.99. The van der Waals surface area contributed by atoms with Crippen LogP contribution in [0, 0.1) is 0 Å². The molecule has 0 bridgehead atoms. The highest BCUT2D eigenvalue weighted by Crippen LogP contribution is 2.22. The van der Waals surface area contributed by atoms with E-state index in [1.807, 2.05) is 29.2 Å². The molecule has 0 aliphatic heterocycles. The van der Waals surface area contributed by atoms with Crippen molar-refractivity contribution < 1.29 is 4.74 Å². The van der Waals surface area contributed by atoms with E-state index in [4.69, 9.17) is 4.74 Å². The number of aliphatic imine (C=N–C) groups is 1. The third-order valence-corrected chi connectivity index (χ3v) is 4.82. The van der Waals surface area contributed by atoms with Gasteiger partial charge in [-0.3, -0.25) is 4.68 Å². The van der Waals surface area contributed by atoms with Gasteiger partial charge in [0, 0.05) is 44.3 Å². The summed E-state index contributed by atoms with van der Waals surface area (Å²) in [5.74, 6) is 1.55. The lowest BCUT2D eigenvalue weighted by Gasteiger charge is -2.22. The minimum atomic E-state index is 0.330. The molecule has 28 heavy (non-hydrogen) atoms. The molecule has 0 aromatic carbocycles. The average Bonchev–Trinajstić information content (AvgIpc) is 3.25. The largest absolute Gasteiger partial charge is 0.474 e. The molecular weight excluding hydrogens is 352 g/mol. The number of guanidine groups is 1. The SMILES string of the molecule is CCNC(=NCc1ccc(OC2CCCCC2)nc1)NCCCn1cccn1. The molecule has 7 heteroatoms. The van der Waals surface area contributed by atoms with Gasteiger partial charge in [-0.25, -0.2) is 9.98 Å². The lowest BCUT2D eigenvalue weighted by atomic mass is 9.98. The van der Waals surface area contributed by atoms with Gasteiger partial charge >= 0.3 is 0 Å². The maximum atomic E-state index is 5.99. The molecule has 0 radical (unpaired) electrons. The number of nitrogens with one attached hydrogen (secondary N) is 2. The number of hydrogen-bond acceptors (Lipinski definition) is 4. The molecule has 0 spiro atoms. The van der Waals surface area contributed by atoms with Crippen LogP contribution in [0.1, 0.15) is 51.0 Å². The minimum Gasteiger partial charge on any atom is -0.474 e. The summed E-state index contributed by atoms with van der Waals surface area (Å²) in [6.45, 7) is 5.23. The van der Waals surface area contributed by atoms with E-state index in [9.17, 15) is 0 Å². The van der Waals surface area contributed by atoms with Crippen LogP contribution in [0.15, 0.2) is 41.8 Å². The molecule has 1 aliphatic rings. The van der Waals surface area contributed by atoms with Crippen LogP contribution in [0.25, 0.3) is 0 Å². The Hall–Kier alpha value is -2.57. The Kier molecular flexibility index (Phi) is 8.15. The van der Waals surface area contributed by atoms with Gasteiger partial charge in [0.15, 0.2) is 5.96 Å². The van der Waals surface area contributed by atoms with Crippen molar-refractivity contribution in [3.8, 4) is 5.88 Å². The van der Waals surface area contributed by atoms with E-state index < -0.39 is 0 Å². The van der Waals surface area contributed by atoms with Crippen molar-refractivity contribution in [1.29, 1.82) is 0 Å². The Morgan fingerprint density at radius 3 is 2.86 bits per heavy atom. The standard InChI is InChI=1S/C21H32N6O/c1-2-22-21(23-12-6-14-27-15-7-13-26-27)25-17-18-10-11-20(24-16-18)28-19-8-4-3-5-9-19/h7,10-11,13,15-16,19H,2-6,8-9,12,14,17H2,1H3,(H2,22,23,25). The van der Waals surface area contributed by atoms with E-state index in [0.29, 0.717) is 12.6 Å². The highest BCUT2D eigenvalue weighted by atomic mass is 16.5. The topological polar surface area (TPSA) is 76.4 Å². The van der Waals surface area contributed by atoms with Gasteiger partial charge in [-0.05, 0) is 50.7 Å². The van der Waals surface area contributed by atoms with Crippen molar-refractivity contribution in [1.82, 2.24) is 25.4 Å². The summed E-state index contributed by atoms with van der Waals surface area (Å²) in [7, 11) is 0. The highest BCUT2D eigenvalue weighted by Gasteiger charge is 2.15. The molecule has 0 saturated heterocycles. The van der Waals surface area contributed by atoms with Crippen LogP contribution in [0.5, 0.6) is 5.88 Å². The first-order valence-corrected chi connectivity index (χ1v) is 10.4. The second kappa shape index (κ2) is 11.3. The number of rotatable bonds is 9. The molecule has 2 heterocycles. The Bertz CT molecular complexity index is 692. The van der Waals surface area contributed by atoms with Gasteiger partial charge in [0.1, 0.15) is 6.10 Å². The molecule has 3 rings (SSSR count). The Balaban J connectivity index is 1.43. The van der Waals surface area contributed by atoms with Gasteiger partial charge in [0.2, 0.25) is 5.88 Å². The van der Waals surface area contributed by atoms with E-state index in [0.717, 1.165) is 56.3 Å². The summed E-state index contributed by atoms with van der Waals surface area (Å²) in [4.78, 5) is 9.11. The lowest BCUT2D eigenvalue weighted by Crippen LogP contribution is -2.38. The fraction of sp³-hybridized carbons (Fsp3) is 0.571. The molecule has 152 valence electrons. The molecular formula is C21H32N6O. The molecule has 0 unspecified atom stereocenters. The van der Waals surface area contributed by atoms with Gasteiger partial charge < -0.3 is 15.4 Å². The predicted molar refractivity (Wildman–Crippen MR) is 111 cm³/mol. The van der Waals surface area contributed by atoms with Gasteiger partial charge in [0.25, 0.3) is 0 Å². The number of hydrogen-bond donors (Lipinski definition) is 2. The van der Waals surface area contributed by atoms with E-state index in [1.165, 1.54) is 19.3 Å². The summed E-state index contributed by atoms with van der Waals surface area (Å²) in [5, 5.41) is 10.9. The molecule has 2 aromatic heterocycles. The van der Waals surface area contributed by atoms with E-state index >= 15 is 0 Å². The number of aryl methyl sites for hydroxylation is 1. The minimum absolute atomic E-state index is 0.330. The zero-order valence-corrected chi connectivity index (χ0v) is 16.8. The number of nitrogens with zero attached hydrogens (tertiary/aromatic N) is 4. The highest BCUT2D eigenvalue weighted by molar-refractivity contribution is 5.79. The molecule has 2 aromatic rings. The van der Waals surface area contributed by atoms with Crippen LogP contribution >= 0.6 is 0 Å². The predicted octanol–water partition coefficient (Wildman–Crippen LogP) is 3.14. The van der Waals surface area contributed by atoms with Crippen molar-refractivity contribution >= 4 is 5.96 Å². The Labute approximate surface area is 167 Å². The smallest absolute Gasteiger partial charge is 0.213 e. The van der Waals surface area contributed by atoms with E-state index in [-0.39, 0.29) is 0 Å². The lowest BCUT2D eigenvalue weighted by molar-refractivity contribution is 0.148. The van der Waals surface area contributed by atoms with Crippen LogP contribution in [-0.2, 0) is 13.1 Å². The fourth-order valence-electron chi connectivity index (χ4n) is 3.32. The van der Waals surface area contributed by atoms with Crippen molar-refractivity contribution in [3.63, 3.8) is 0 Å². The van der Waals surface area contributed by atoms with Crippen molar-refractivity contribution in [2.75, 3.05) is 13.1 Å². The number of pyridine rings is 1. The monoisotopic (exact) mass is 384 g/mol. The average molecular weight is 385 g/mol. The molecule has 7 nitrogen and oxygen atoms in total. The second-order valence-corrected chi connectivity index (χ2v) is 7.13. The van der Waals surface area contributed by atoms with Gasteiger partial charge in [-0.1, -0.05) is 12.5 Å². The summed E-state index contributed by atoms with van der Waals surface area (Å²) < 4.78 is 7.93. The first-order valence-electron chi connectivity index (χ1n) is 10.4. The molecule has 1 aliphatic carbocycles. The van der Waals surface area contributed by atoms with Gasteiger partial charge in [-0.15, -0.1) is 0 Å². The van der Waals surface area contributed by atoms with Crippen LogP contribution in [0.3, 0.4) is 0 Å². The van der Waals surface area contributed by atoms with Crippen LogP contribution in [-0.4, -0.2) is 39.9 Å². The van der Waals surface area contributed by atoms with E-state index in [2.05, 4.69) is 38.7 Å². The van der Waals surface area contributed by atoms with Gasteiger partial charge in [0.05, 0.1) is 6.54 Å².